The molecule has 1 aliphatic rings. The van der Waals surface area contributed by atoms with E-state index in [1.54, 1.807) is 0 Å². The van der Waals surface area contributed by atoms with E-state index in [1.165, 1.54) is 12.1 Å². The van der Waals surface area contributed by atoms with E-state index in [2.05, 4.69) is 21.2 Å². The topological polar surface area (TPSA) is 46.2 Å². The van der Waals surface area contributed by atoms with Crippen molar-refractivity contribution < 1.29 is 12.8 Å². The van der Waals surface area contributed by atoms with Crippen molar-refractivity contribution in [2.24, 2.45) is 0 Å². The van der Waals surface area contributed by atoms with E-state index >= 15 is 0 Å². The SMILES string of the molecule is O=S1(=O)CCC(Nc2c(Cl)cc(F)cc2Br)CC1. The van der Waals surface area contributed by atoms with Crippen LogP contribution in [0, 0.1) is 5.82 Å². The van der Waals surface area contributed by atoms with Crippen LogP contribution < -0.4 is 5.32 Å². The molecule has 7 heteroatoms. The van der Waals surface area contributed by atoms with Gasteiger partial charge >= 0.3 is 0 Å². The van der Waals surface area contributed by atoms with E-state index < -0.39 is 15.7 Å². The van der Waals surface area contributed by atoms with Crippen molar-refractivity contribution in [2.75, 3.05) is 16.8 Å². The first-order valence-corrected chi connectivity index (χ1v) is 8.48. The maximum Gasteiger partial charge on any atom is 0.150 e. The lowest BCUT2D eigenvalue weighted by Crippen LogP contribution is -2.32. The number of hydrogen-bond donors (Lipinski definition) is 1. The maximum atomic E-state index is 13.1. The summed E-state index contributed by atoms with van der Waals surface area (Å²) in [6, 6.07) is 2.61. The smallest absolute Gasteiger partial charge is 0.150 e. The van der Waals surface area contributed by atoms with E-state index in [0.29, 0.717) is 23.0 Å². The summed E-state index contributed by atoms with van der Waals surface area (Å²) in [6.07, 6.45) is 1.09. The van der Waals surface area contributed by atoms with Crippen LogP contribution in [0.1, 0.15) is 12.8 Å². The summed E-state index contributed by atoms with van der Waals surface area (Å²) in [5, 5.41) is 3.46. The van der Waals surface area contributed by atoms with Gasteiger partial charge in [0.05, 0.1) is 22.2 Å². The molecule has 2 rings (SSSR count). The Kier molecular flexibility index (Phi) is 4.18. The molecule has 1 aliphatic heterocycles. The first-order chi connectivity index (χ1) is 8.37. The Hall–Kier alpha value is -0.330. The Morgan fingerprint density at radius 2 is 1.94 bits per heavy atom. The van der Waals surface area contributed by atoms with Crippen molar-refractivity contribution in [1.29, 1.82) is 0 Å². The minimum absolute atomic E-state index is 0.0489. The van der Waals surface area contributed by atoms with Gasteiger partial charge in [-0.2, -0.15) is 0 Å². The number of nitrogens with one attached hydrogen (secondary N) is 1. The quantitative estimate of drug-likeness (QED) is 0.885. The molecule has 3 nitrogen and oxygen atoms in total. The lowest BCUT2D eigenvalue weighted by atomic mass is 10.1. The summed E-state index contributed by atoms with van der Waals surface area (Å²) >= 11 is 9.20. The molecule has 0 spiro atoms. The molecule has 0 atom stereocenters. The van der Waals surface area contributed by atoms with Gasteiger partial charge in [0.1, 0.15) is 15.7 Å². The van der Waals surface area contributed by atoms with Crippen LogP contribution >= 0.6 is 27.5 Å². The lowest BCUT2D eigenvalue weighted by Gasteiger charge is -2.25. The third-order valence-corrected chi connectivity index (χ3v) is 5.55. The molecule has 0 bridgehead atoms. The molecule has 18 heavy (non-hydrogen) atoms. The van der Waals surface area contributed by atoms with Gasteiger partial charge < -0.3 is 5.32 Å². The van der Waals surface area contributed by atoms with Gasteiger partial charge in [-0.15, -0.1) is 0 Å². The van der Waals surface area contributed by atoms with Crippen molar-refractivity contribution in [3.05, 3.63) is 27.4 Å². The zero-order valence-corrected chi connectivity index (χ0v) is 12.6. The molecule has 1 fully saturated rings. The van der Waals surface area contributed by atoms with E-state index in [-0.39, 0.29) is 22.6 Å². The summed E-state index contributed by atoms with van der Waals surface area (Å²) in [5.41, 5.74) is 0.613. The molecule has 0 radical (unpaired) electrons. The van der Waals surface area contributed by atoms with Crippen LogP contribution in [-0.4, -0.2) is 26.0 Å². The van der Waals surface area contributed by atoms with Crippen molar-refractivity contribution >= 4 is 43.1 Å². The van der Waals surface area contributed by atoms with Crippen LogP contribution in [0.3, 0.4) is 0 Å². The van der Waals surface area contributed by atoms with Crippen LogP contribution in [-0.2, 0) is 9.84 Å². The molecular weight excluding hydrogens is 345 g/mol. The van der Waals surface area contributed by atoms with Gasteiger partial charge in [0.2, 0.25) is 0 Å². The predicted octanol–water partition coefficient (Wildman–Crippen LogP) is 3.23. The Labute approximate surface area is 119 Å². The molecule has 0 aromatic heterocycles. The van der Waals surface area contributed by atoms with Crippen LogP contribution in [0.5, 0.6) is 0 Å². The number of halogens is 3. The number of benzene rings is 1. The highest BCUT2D eigenvalue weighted by atomic mass is 79.9. The van der Waals surface area contributed by atoms with Crippen LogP contribution in [0.15, 0.2) is 16.6 Å². The van der Waals surface area contributed by atoms with Crippen LogP contribution in [0.4, 0.5) is 10.1 Å². The average molecular weight is 357 g/mol. The van der Waals surface area contributed by atoms with Gasteiger partial charge in [0, 0.05) is 10.5 Å². The standard InChI is InChI=1S/C11H12BrClFNO2S/c12-9-5-7(14)6-10(13)11(9)15-8-1-3-18(16,17)4-2-8/h5-6,8,15H,1-4H2. The molecule has 0 amide bonds. The molecular formula is C11H12BrClFNO2S. The monoisotopic (exact) mass is 355 g/mol. The van der Waals surface area contributed by atoms with Gasteiger partial charge in [-0.3, -0.25) is 0 Å². The highest BCUT2D eigenvalue weighted by Gasteiger charge is 2.24. The fourth-order valence-corrected chi connectivity index (χ4v) is 4.33. The second-order valence-corrected chi connectivity index (χ2v) is 7.88. The summed E-state index contributed by atoms with van der Waals surface area (Å²) in [6.45, 7) is 0. The Morgan fingerprint density at radius 3 is 2.50 bits per heavy atom. The maximum absolute atomic E-state index is 13.1. The largest absolute Gasteiger partial charge is 0.380 e. The van der Waals surface area contributed by atoms with Gasteiger partial charge in [-0.25, -0.2) is 12.8 Å². The van der Waals surface area contributed by atoms with E-state index in [0.717, 1.165) is 0 Å². The summed E-state index contributed by atoms with van der Waals surface area (Å²) in [5.74, 6) is -0.0500. The highest BCUT2D eigenvalue weighted by molar-refractivity contribution is 9.10. The van der Waals surface area contributed by atoms with Gasteiger partial charge in [0.25, 0.3) is 0 Å². The van der Waals surface area contributed by atoms with E-state index in [4.69, 9.17) is 11.6 Å². The first-order valence-electron chi connectivity index (χ1n) is 5.49. The third kappa shape index (κ3) is 3.36. The zero-order chi connectivity index (χ0) is 13.3. The number of rotatable bonds is 2. The van der Waals surface area contributed by atoms with Crippen molar-refractivity contribution in [3.63, 3.8) is 0 Å². The summed E-state index contributed by atoms with van der Waals surface area (Å²) in [7, 11) is -2.88. The molecule has 0 aliphatic carbocycles. The van der Waals surface area contributed by atoms with Crippen LogP contribution in [0.25, 0.3) is 0 Å². The molecule has 1 aromatic rings. The molecule has 1 saturated heterocycles. The Morgan fingerprint density at radius 1 is 1.33 bits per heavy atom. The molecule has 1 aromatic carbocycles. The van der Waals surface area contributed by atoms with E-state index in [1.807, 2.05) is 0 Å². The highest BCUT2D eigenvalue weighted by Crippen LogP contribution is 2.33. The molecule has 0 unspecified atom stereocenters. The third-order valence-electron chi connectivity index (χ3n) is 2.91. The zero-order valence-electron chi connectivity index (χ0n) is 9.42. The second-order valence-electron chi connectivity index (χ2n) is 4.31. The van der Waals surface area contributed by atoms with Gasteiger partial charge in [0.15, 0.2) is 0 Å². The molecule has 100 valence electrons. The number of hydrogen-bond acceptors (Lipinski definition) is 3. The second kappa shape index (κ2) is 5.35. The van der Waals surface area contributed by atoms with E-state index in [9.17, 15) is 12.8 Å². The van der Waals surface area contributed by atoms with Crippen molar-refractivity contribution in [3.8, 4) is 0 Å². The first kappa shape index (κ1) is 14.1. The minimum Gasteiger partial charge on any atom is -0.380 e. The number of sulfone groups is 1. The van der Waals surface area contributed by atoms with Gasteiger partial charge in [-0.1, -0.05) is 11.6 Å². The fraction of sp³-hybridized carbons (Fsp3) is 0.455. The summed E-state index contributed by atoms with van der Waals surface area (Å²) in [4.78, 5) is 0. The van der Waals surface area contributed by atoms with Crippen molar-refractivity contribution in [1.82, 2.24) is 0 Å². The average Bonchev–Trinajstić information content (AvgIpc) is 2.25. The molecule has 1 heterocycles. The number of anilines is 1. The molecule has 0 saturated carbocycles. The fourth-order valence-electron chi connectivity index (χ4n) is 1.92. The van der Waals surface area contributed by atoms with Crippen LogP contribution in [0.2, 0.25) is 5.02 Å². The normalized spacial score (nSPS) is 19.7. The summed E-state index contributed by atoms with van der Waals surface area (Å²) < 4.78 is 36.2. The molecule has 1 N–H and O–H groups in total. The Bertz CT molecular complexity index is 527. The minimum atomic E-state index is -2.88. The lowest BCUT2D eigenvalue weighted by molar-refractivity contribution is 0.559. The Balaban J connectivity index is 2.11. The predicted molar refractivity (Wildman–Crippen MR) is 74.4 cm³/mol. The van der Waals surface area contributed by atoms with Gasteiger partial charge in [-0.05, 0) is 40.9 Å². The van der Waals surface area contributed by atoms with Crippen molar-refractivity contribution in [2.45, 2.75) is 18.9 Å².